The van der Waals surface area contributed by atoms with Gasteiger partial charge in [0.15, 0.2) is 5.82 Å². The van der Waals surface area contributed by atoms with E-state index in [2.05, 4.69) is 175 Å². The normalized spacial score (nSPS) is 11.8. The van der Waals surface area contributed by atoms with E-state index in [1.54, 1.807) is 11.3 Å². The SMILES string of the molecule is c1ccc(-c2nc(-c3ccc4c(c3)oc3c5ccccc5c(N(c5ccccc5)c5ccc6ccccc6c5)cc43)nc3c2sc2ccccc23)cc1. The zero-order chi connectivity index (χ0) is 34.9. The molecular formula is C48H29N3OS. The fourth-order valence-corrected chi connectivity index (χ4v) is 8.89. The van der Waals surface area contributed by atoms with E-state index >= 15 is 0 Å². The molecule has 0 saturated carbocycles. The van der Waals surface area contributed by atoms with Crippen LogP contribution in [0.25, 0.3) is 86.4 Å². The number of fused-ring (bicyclic) bond motifs is 9. The Morgan fingerprint density at radius 2 is 1.19 bits per heavy atom. The van der Waals surface area contributed by atoms with Crippen LogP contribution in [0.1, 0.15) is 0 Å². The number of aromatic nitrogens is 2. The second-order valence-electron chi connectivity index (χ2n) is 13.4. The number of para-hydroxylation sites is 1. The minimum absolute atomic E-state index is 0.680. The smallest absolute Gasteiger partial charge is 0.160 e. The number of anilines is 3. The van der Waals surface area contributed by atoms with Gasteiger partial charge in [0.25, 0.3) is 0 Å². The number of hydrogen-bond donors (Lipinski definition) is 0. The van der Waals surface area contributed by atoms with Gasteiger partial charge in [0.1, 0.15) is 11.2 Å². The van der Waals surface area contributed by atoms with Crippen molar-refractivity contribution in [3.05, 3.63) is 176 Å². The molecule has 0 aliphatic carbocycles. The summed E-state index contributed by atoms with van der Waals surface area (Å²) in [6, 6.07) is 62.0. The van der Waals surface area contributed by atoms with Gasteiger partial charge >= 0.3 is 0 Å². The predicted octanol–water partition coefficient (Wildman–Crippen LogP) is 13.9. The van der Waals surface area contributed by atoms with Crippen LogP contribution in [0.3, 0.4) is 0 Å². The van der Waals surface area contributed by atoms with Gasteiger partial charge in [-0.3, -0.25) is 0 Å². The van der Waals surface area contributed by atoms with Gasteiger partial charge in [-0.05, 0) is 59.3 Å². The first-order valence-corrected chi connectivity index (χ1v) is 18.6. The molecule has 0 unspecified atom stereocenters. The van der Waals surface area contributed by atoms with Crippen molar-refractivity contribution in [2.75, 3.05) is 4.90 Å². The Kier molecular flexibility index (Phi) is 6.69. The fraction of sp³-hybridized carbons (Fsp3) is 0. The Morgan fingerprint density at radius 1 is 0.472 bits per heavy atom. The molecule has 248 valence electrons. The first-order valence-electron chi connectivity index (χ1n) is 17.7. The number of furan rings is 1. The van der Waals surface area contributed by atoms with E-state index in [4.69, 9.17) is 14.4 Å². The van der Waals surface area contributed by atoms with Gasteiger partial charge in [0, 0.05) is 54.1 Å². The summed E-state index contributed by atoms with van der Waals surface area (Å²) in [4.78, 5) is 12.8. The molecular weight excluding hydrogens is 667 g/mol. The van der Waals surface area contributed by atoms with Crippen molar-refractivity contribution in [1.29, 1.82) is 0 Å². The van der Waals surface area contributed by atoms with Crippen LogP contribution in [0, 0.1) is 0 Å². The predicted molar refractivity (Wildman–Crippen MR) is 223 cm³/mol. The van der Waals surface area contributed by atoms with Crippen LogP contribution < -0.4 is 4.90 Å². The zero-order valence-corrected chi connectivity index (χ0v) is 29.2. The van der Waals surface area contributed by atoms with E-state index in [-0.39, 0.29) is 0 Å². The lowest BCUT2D eigenvalue weighted by Gasteiger charge is -2.27. The molecule has 5 heteroatoms. The average molecular weight is 696 g/mol. The summed E-state index contributed by atoms with van der Waals surface area (Å²) in [5, 5.41) is 7.85. The van der Waals surface area contributed by atoms with Crippen molar-refractivity contribution >= 4 is 92.2 Å². The first kappa shape index (κ1) is 29.9. The summed E-state index contributed by atoms with van der Waals surface area (Å²) >= 11 is 1.75. The average Bonchev–Trinajstić information content (AvgIpc) is 3.79. The lowest BCUT2D eigenvalue weighted by molar-refractivity contribution is 0.673. The zero-order valence-electron chi connectivity index (χ0n) is 28.4. The Hall–Kier alpha value is -6.82. The molecule has 0 saturated heterocycles. The monoisotopic (exact) mass is 695 g/mol. The molecule has 0 N–H and O–H groups in total. The molecule has 3 aromatic heterocycles. The van der Waals surface area contributed by atoms with Crippen LogP contribution in [0.4, 0.5) is 17.1 Å². The topological polar surface area (TPSA) is 42.2 Å². The number of hydrogen-bond acceptors (Lipinski definition) is 5. The summed E-state index contributed by atoms with van der Waals surface area (Å²) in [7, 11) is 0. The Morgan fingerprint density at radius 3 is 2.04 bits per heavy atom. The maximum Gasteiger partial charge on any atom is 0.160 e. The second-order valence-corrected chi connectivity index (χ2v) is 14.4. The number of thiophene rings is 1. The highest BCUT2D eigenvalue weighted by molar-refractivity contribution is 7.26. The van der Waals surface area contributed by atoms with E-state index < -0.39 is 0 Å². The highest BCUT2D eigenvalue weighted by Crippen LogP contribution is 2.46. The molecule has 0 aliphatic rings. The summed E-state index contributed by atoms with van der Waals surface area (Å²) < 4.78 is 9.12. The van der Waals surface area contributed by atoms with Gasteiger partial charge < -0.3 is 9.32 Å². The van der Waals surface area contributed by atoms with Crippen molar-refractivity contribution < 1.29 is 4.42 Å². The number of rotatable bonds is 5. The molecule has 0 fully saturated rings. The van der Waals surface area contributed by atoms with Crippen molar-refractivity contribution in [2.24, 2.45) is 0 Å². The minimum Gasteiger partial charge on any atom is -0.455 e. The Balaban J connectivity index is 1.13. The molecule has 0 spiro atoms. The molecule has 53 heavy (non-hydrogen) atoms. The Bertz CT molecular complexity index is 3180. The third-order valence-electron chi connectivity index (χ3n) is 10.2. The Labute approximate surface area is 308 Å². The molecule has 0 atom stereocenters. The fourth-order valence-electron chi connectivity index (χ4n) is 7.73. The highest BCUT2D eigenvalue weighted by Gasteiger charge is 2.22. The van der Waals surface area contributed by atoms with E-state index in [1.807, 2.05) is 6.07 Å². The number of benzene rings is 8. The van der Waals surface area contributed by atoms with Crippen LogP contribution >= 0.6 is 11.3 Å². The van der Waals surface area contributed by atoms with E-state index in [0.29, 0.717) is 5.82 Å². The lowest BCUT2D eigenvalue weighted by Crippen LogP contribution is -2.10. The maximum atomic E-state index is 6.82. The van der Waals surface area contributed by atoms with Crippen molar-refractivity contribution in [3.63, 3.8) is 0 Å². The molecule has 0 bridgehead atoms. The largest absolute Gasteiger partial charge is 0.455 e. The van der Waals surface area contributed by atoms with Crippen molar-refractivity contribution in [3.8, 4) is 22.6 Å². The summed E-state index contributed by atoms with van der Waals surface area (Å²) in [6.45, 7) is 0. The molecule has 11 aromatic rings. The van der Waals surface area contributed by atoms with Gasteiger partial charge in [0.05, 0.1) is 21.6 Å². The maximum absolute atomic E-state index is 6.82. The minimum atomic E-state index is 0.680. The van der Waals surface area contributed by atoms with Gasteiger partial charge in [-0.15, -0.1) is 11.3 Å². The molecule has 11 rings (SSSR count). The van der Waals surface area contributed by atoms with Crippen molar-refractivity contribution in [2.45, 2.75) is 0 Å². The lowest BCUT2D eigenvalue weighted by atomic mass is 10.0. The quantitative estimate of drug-likeness (QED) is 0.180. The van der Waals surface area contributed by atoms with Crippen LogP contribution in [0.15, 0.2) is 180 Å². The third kappa shape index (κ3) is 4.82. The van der Waals surface area contributed by atoms with E-state index in [0.717, 1.165) is 82.2 Å². The second kappa shape index (κ2) is 11.9. The van der Waals surface area contributed by atoms with Crippen LogP contribution in [0.5, 0.6) is 0 Å². The first-order chi connectivity index (χ1) is 26.3. The summed E-state index contributed by atoms with van der Waals surface area (Å²) in [5.74, 6) is 0.680. The third-order valence-corrected chi connectivity index (χ3v) is 11.4. The van der Waals surface area contributed by atoms with Gasteiger partial charge in [-0.1, -0.05) is 127 Å². The summed E-state index contributed by atoms with van der Waals surface area (Å²) in [5.41, 5.74) is 8.86. The van der Waals surface area contributed by atoms with Crippen LogP contribution in [-0.2, 0) is 0 Å². The molecule has 3 heterocycles. The van der Waals surface area contributed by atoms with E-state index in [1.165, 1.54) is 15.5 Å². The molecule has 8 aromatic carbocycles. The van der Waals surface area contributed by atoms with Gasteiger partial charge in [-0.25, -0.2) is 9.97 Å². The van der Waals surface area contributed by atoms with Gasteiger partial charge in [-0.2, -0.15) is 0 Å². The molecule has 4 nitrogen and oxygen atoms in total. The molecule has 0 amide bonds. The highest BCUT2D eigenvalue weighted by atomic mass is 32.1. The van der Waals surface area contributed by atoms with Crippen molar-refractivity contribution in [1.82, 2.24) is 9.97 Å². The number of nitrogens with zero attached hydrogens (tertiary/aromatic N) is 3. The van der Waals surface area contributed by atoms with Crippen LogP contribution in [-0.4, -0.2) is 9.97 Å². The summed E-state index contributed by atoms with van der Waals surface area (Å²) in [6.07, 6.45) is 0. The van der Waals surface area contributed by atoms with Crippen LogP contribution in [0.2, 0.25) is 0 Å². The standard InChI is InChI=1S/C48H29N3OS/c1-3-14-31(15-4-1)44-47-45(39-21-11-12-22-43(39)53-47)50-48(49-44)33-24-26-37-40-29-41(36-19-9-10-20-38(36)46(40)52-42(37)28-33)51(34-17-5-2-6-18-34)35-25-23-30-13-7-8-16-32(30)27-35/h1-29H. The molecule has 0 radical (unpaired) electrons. The van der Waals surface area contributed by atoms with Gasteiger partial charge in [0.2, 0.25) is 0 Å². The van der Waals surface area contributed by atoms with E-state index in [9.17, 15) is 0 Å². The molecule has 0 aliphatic heterocycles.